The lowest BCUT2D eigenvalue weighted by Crippen LogP contribution is -2.44. The van der Waals surface area contributed by atoms with Crippen LogP contribution in [0.25, 0.3) is 0 Å². The van der Waals surface area contributed by atoms with E-state index >= 15 is 0 Å². The summed E-state index contributed by atoms with van der Waals surface area (Å²) in [6.45, 7) is 3.01. The molecule has 0 aromatic heterocycles. The minimum Gasteiger partial charge on any atom is -0.342 e. The maximum absolute atomic E-state index is 12.0. The molecule has 2 fully saturated rings. The van der Waals surface area contributed by atoms with Crippen LogP contribution in [0.5, 0.6) is 0 Å². The van der Waals surface area contributed by atoms with E-state index in [-0.39, 0.29) is 0 Å². The molecule has 98 valence electrons. The Labute approximate surface area is 105 Å². The average Bonchev–Trinajstić information content (AvgIpc) is 2.38. The molecule has 0 aromatic rings. The van der Waals surface area contributed by atoms with Crippen LogP contribution < -0.4 is 5.32 Å². The fourth-order valence-corrected chi connectivity index (χ4v) is 3.40. The minimum atomic E-state index is 0.379. The summed E-state index contributed by atoms with van der Waals surface area (Å²) in [7, 11) is 1.94. The Bertz CT molecular complexity index is 255. The molecule has 17 heavy (non-hydrogen) atoms. The zero-order chi connectivity index (χ0) is 12.1. The molecular weight excluding hydrogens is 212 g/mol. The number of carbonyl (C=O) groups excluding carboxylic acids is 1. The number of hydrogen-bond donors (Lipinski definition) is 1. The van der Waals surface area contributed by atoms with Gasteiger partial charge in [0.05, 0.1) is 0 Å². The average molecular weight is 238 g/mol. The largest absolute Gasteiger partial charge is 0.342 e. The van der Waals surface area contributed by atoms with Crippen LogP contribution in [0.4, 0.5) is 0 Å². The van der Waals surface area contributed by atoms with Crippen LogP contribution in [0.15, 0.2) is 0 Å². The van der Waals surface area contributed by atoms with Crippen LogP contribution >= 0.6 is 0 Å². The number of carbonyl (C=O) groups is 1. The zero-order valence-electron chi connectivity index (χ0n) is 11.1. The predicted octanol–water partition coefficient (Wildman–Crippen LogP) is 2.02. The molecule has 1 heterocycles. The van der Waals surface area contributed by atoms with Gasteiger partial charge in [-0.15, -0.1) is 0 Å². The Balaban J connectivity index is 1.76. The number of likely N-dealkylation sites (tertiary alicyclic amines) is 1. The van der Waals surface area contributed by atoms with Crippen molar-refractivity contribution in [3.8, 4) is 0 Å². The SMILES string of the molecule is CNCCCC(=O)N1CCC2CCCCC2C1. The molecule has 1 amide bonds. The van der Waals surface area contributed by atoms with E-state index in [4.69, 9.17) is 0 Å². The molecule has 1 saturated carbocycles. The third-order valence-corrected chi connectivity index (χ3v) is 4.46. The summed E-state index contributed by atoms with van der Waals surface area (Å²) < 4.78 is 0. The molecule has 2 rings (SSSR count). The molecule has 1 aliphatic heterocycles. The van der Waals surface area contributed by atoms with Gasteiger partial charge in [-0.1, -0.05) is 19.3 Å². The number of hydrogen-bond acceptors (Lipinski definition) is 2. The summed E-state index contributed by atoms with van der Waals surface area (Å²) in [5, 5.41) is 3.10. The summed E-state index contributed by atoms with van der Waals surface area (Å²) >= 11 is 0. The molecule has 0 bridgehead atoms. The van der Waals surface area contributed by atoms with E-state index in [2.05, 4.69) is 10.2 Å². The van der Waals surface area contributed by atoms with Crippen molar-refractivity contribution in [3.63, 3.8) is 0 Å². The highest BCUT2D eigenvalue weighted by Crippen LogP contribution is 2.36. The summed E-state index contributed by atoms with van der Waals surface area (Å²) in [6.07, 6.45) is 8.50. The minimum absolute atomic E-state index is 0.379. The standard InChI is InChI=1S/C14H26N2O/c1-15-9-4-7-14(17)16-10-8-12-5-2-3-6-13(12)11-16/h12-13,15H,2-11H2,1H3. The van der Waals surface area contributed by atoms with Crippen LogP contribution in [0.3, 0.4) is 0 Å². The Morgan fingerprint density at radius 2 is 2.00 bits per heavy atom. The van der Waals surface area contributed by atoms with E-state index in [1.54, 1.807) is 0 Å². The number of amides is 1. The Hall–Kier alpha value is -0.570. The van der Waals surface area contributed by atoms with E-state index in [9.17, 15) is 4.79 Å². The summed E-state index contributed by atoms with van der Waals surface area (Å²) in [6, 6.07) is 0. The van der Waals surface area contributed by atoms with Gasteiger partial charge in [0.1, 0.15) is 0 Å². The molecule has 1 N–H and O–H groups in total. The van der Waals surface area contributed by atoms with Crippen molar-refractivity contribution in [1.29, 1.82) is 0 Å². The van der Waals surface area contributed by atoms with Crippen LogP contribution in [0.1, 0.15) is 44.9 Å². The topological polar surface area (TPSA) is 32.3 Å². The van der Waals surface area contributed by atoms with Gasteiger partial charge in [0.15, 0.2) is 0 Å². The molecule has 1 saturated heterocycles. The van der Waals surface area contributed by atoms with E-state index in [0.29, 0.717) is 5.91 Å². The van der Waals surface area contributed by atoms with Crippen molar-refractivity contribution < 1.29 is 4.79 Å². The number of nitrogens with zero attached hydrogens (tertiary/aromatic N) is 1. The summed E-state index contributed by atoms with van der Waals surface area (Å²) in [5.74, 6) is 2.11. The quantitative estimate of drug-likeness (QED) is 0.760. The highest BCUT2D eigenvalue weighted by Gasteiger charge is 2.32. The lowest BCUT2D eigenvalue weighted by molar-refractivity contribution is -0.134. The Morgan fingerprint density at radius 3 is 2.76 bits per heavy atom. The smallest absolute Gasteiger partial charge is 0.222 e. The molecule has 2 atom stereocenters. The second-order valence-corrected chi connectivity index (χ2v) is 5.64. The van der Waals surface area contributed by atoms with E-state index < -0.39 is 0 Å². The first-order valence-corrected chi connectivity index (χ1v) is 7.23. The third-order valence-electron chi connectivity index (χ3n) is 4.46. The third kappa shape index (κ3) is 3.44. The van der Waals surface area contributed by atoms with Gasteiger partial charge in [0.2, 0.25) is 5.91 Å². The van der Waals surface area contributed by atoms with Crippen molar-refractivity contribution in [2.75, 3.05) is 26.7 Å². The lowest BCUT2D eigenvalue weighted by atomic mass is 9.75. The maximum atomic E-state index is 12.0. The van der Waals surface area contributed by atoms with E-state index in [1.165, 1.54) is 32.1 Å². The highest BCUT2D eigenvalue weighted by molar-refractivity contribution is 5.76. The van der Waals surface area contributed by atoms with Crippen molar-refractivity contribution in [2.45, 2.75) is 44.9 Å². The van der Waals surface area contributed by atoms with E-state index in [0.717, 1.165) is 44.3 Å². The molecule has 0 spiro atoms. The van der Waals surface area contributed by atoms with Crippen LogP contribution in [-0.4, -0.2) is 37.5 Å². The van der Waals surface area contributed by atoms with Crippen LogP contribution in [-0.2, 0) is 4.79 Å². The number of rotatable bonds is 4. The zero-order valence-corrected chi connectivity index (χ0v) is 11.1. The van der Waals surface area contributed by atoms with Crippen molar-refractivity contribution in [2.24, 2.45) is 11.8 Å². The fraction of sp³-hybridized carbons (Fsp3) is 0.929. The molecular formula is C14H26N2O. The normalized spacial score (nSPS) is 28.9. The molecule has 2 aliphatic rings. The first-order valence-electron chi connectivity index (χ1n) is 7.23. The van der Waals surface area contributed by atoms with Gasteiger partial charge in [-0.05, 0) is 44.7 Å². The monoisotopic (exact) mass is 238 g/mol. The van der Waals surface area contributed by atoms with Gasteiger partial charge in [0.25, 0.3) is 0 Å². The molecule has 0 radical (unpaired) electrons. The fourth-order valence-electron chi connectivity index (χ4n) is 3.40. The van der Waals surface area contributed by atoms with Gasteiger partial charge in [-0.2, -0.15) is 0 Å². The Morgan fingerprint density at radius 1 is 1.24 bits per heavy atom. The number of fused-ring (bicyclic) bond motifs is 1. The lowest BCUT2D eigenvalue weighted by Gasteiger charge is -2.41. The van der Waals surface area contributed by atoms with Gasteiger partial charge >= 0.3 is 0 Å². The first kappa shape index (κ1) is 12.9. The number of piperidine rings is 1. The van der Waals surface area contributed by atoms with Crippen molar-refractivity contribution in [3.05, 3.63) is 0 Å². The highest BCUT2D eigenvalue weighted by atomic mass is 16.2. The van der Waals surface area contributed by atoms with Gasteiger partial charge in [-0.3, -0.25) is 4.79 Å². The summed E-state index contributed by atoms with van der Waals surface area (Å²) in [5.41, 5.74) is 0. The molecule has 3 nitrogen and oxygen atoms in total. The second kappa shape index (κ2) is 6.39. The summed E-state index contributed by atoms with van der Waals surface area (Å²) in [4.78, 5) is 14.2. The van der Waals surface area contributed by atoms with Crippen LogP contribution in [0, 0.1) is 11.8 Å². The van der Waals surface area contributed by atoms with Crippen molar-refractivity contribution >= 4 is 5.91 Å². The molecule has 2 unspecified atom stereocenters. The van der Waals surface area contributed by atoms with Crippen molar-refractivity contribution in [1.82, 2.24) is 10.2 Å². The first-order chi connectivity index (χ1) is 8.31. The number of nitrogens with one attached hydrogen (secondary N) is 1. The molecule has 0 aromatic carbocycles. The second-order valence-electron chi connectivity index (χ2n) is 5.64. The van der Waals surface area contributed by atoms with Gasteiger partial charge in [0, 0.05) is 19.5 Å². The van der Waals surface area contributed by atoms with Crippen LogP contribution in [0.2, 0.25) is 0 Å². The van der Waals surface area contributed by atoms with Gasteiger partial charge in [-0.25, -0.2) is 0 Å². The van der Waals surface area contributed by atoms with Gasteiger partial charge < -0.3 is 10.2 Å². The molecule has 1 aliphatic carbocycles. The molecule has 3 heteroatoms. The predicted molar refractivity (Wildman–Crippen MR) is 69.8 cm³/mol. The Kier molecular flexibility index (Phi) is 4.84. The van der Waals surface area contributed by atoms with E-state index in [1.807, 2.05) is 7.05 Å². The maximum Gasteiger partial charge on any atom is 0.222 e.